The van der Waals surface area contributed by atoms with E-state index in [2.05, 4.69) is 16.4 Å². The molecular weight excluding hydrogens is 264 g/mol. The maximum Gasteiger partial charge on any atom is 0.251 e. The Morgan fingerprint density at radius 1 is 1.33 bits per heavy atom. The van der Waals surface area contributed by atoms with Crippen LogP contribution in [0.5, 0.6) is 0 Å². The molecule has 1 amide bonds. The van der Waals surface area contributed by atoms with E-state index >= 15 is 0 Å². The number of pyridine rings is 1. The largest absolute Gasteiger partial charge is 0.356 e. The van der Waals surface area contributed by atoms with Crippen LogP contribution in [0.1, 0.15) is 29.5 Å². The summed E-state index contributed by atoms with van der Waals surface area (Å²) >= 11 is 0. The number of rotatable bonds is 4. The lowest BCUT2D eigenvalue weighted by atomic mass is 10.0. The molecule has 1 heterocycles. The lowest BCUT2D eigenvalue weighted by Crippen LogP contribution is -2.28. The van der Waals surface area contributed by atoms with Crippen molar-refractivity contribution in [2.75, 3.05) is 6.54 Å². The highest BCUT2D eigenvalue weighted by Crippen LogP contribution is 2.28. The monoisotopic (exact) mass is 284 g/mol. The lowest BCUT2D eigenvalue weighted by Gasteiger charge is -2.08. The molecule has 0 atom stereocenters. The summed E-state index contributed by atoms with van der Waals surface area (Å²) in [6.07, 6.45) is 2.57. The van der Waals surface area contributed by atoms with Gasteiger partial charge in [-0.25, -0.2) is 0 Å². The minimum atomic E-state index is -0.0585. The Balaban J connectivity index is 1.79. The van der Waals surface area contributed by atoms with Crippen LogP contribution in [0.25, 0.3) is 10.9 Å². The standard InChI is InChI=1S/C17H20N2O2/c1-10-3-4-13-9-14(17(21)19-15(13)11(10)2)7-8-18-16(20)12-5-6-12/h3-4,9,12H,5-8H2,1-2H3,(H,18,20)(H,19,21). The van der Waals surface area contributed by atoms with Gasteiger partial charge in [-0.1, -0.05) is 12.1 Å². The Morgan fingerprint density at radius 2 is 2.10 bits per heavy atom. The van der Waals surface area contributed by atoms with E-state index < -0.39 is 0 Å². The molecule has 1 aliphatic carbocycles. The number of aryl methyl sites for hydroxylation is 2. The summed E-state index contributed by atoms with van der Waals surface area (Å²) in [5.41, 5.74) is 3.85. The molecule has 1 aromatic carbocycles. The van der Waals surface area contributed by atoms with E-state index in [1.807, 2.05) is 26.0 Å². The van der Waals surface area contributed by atoms with Gasteiger partial charge in [0.2, 0.25) is 5.91 Å². The summed E-state index contributed by atoms with van der Waals surface area (Å²) < 4.78 is 0. The summed E-state index contributed by atoms with van der Waals surface area (Å²) in [7, 11) is 0. The molecule has 0 spiro atoms. The number of aromatic nitrogens is 1. The molecule has 1 aliphatic rings. The van der Waals surface area contributed by atoms with Crippen molar-refractivity contribution in [2.45, 2.75) is 33.1 Å². The van der Waals surface area contributed by atoms with Gasteiger partial charge in [-0.05, 0) is 55.7 Å². The van der Waals surface area contributed by atoms with Gasteiger partial charge in [0.05, 0.1) is 5.52 Å². The number of fused-ring (bicyclic) bond motifs is 1. The fraction of sp³-hybridized carbons (Fsp3) is 0.412. The number of benzene rings is 1. The van der Waals surface area contributed by atoms with Crippen LogP contribution < -0.4 is 10.9 Å². The quantitative estimate of drug-likeness (QED) is 0.904. The van der Waals surface area contributed by atoms with E-state index in [0.717, 1.165) is 34.9 Å². The Labute approximate surface area is 123 Å². The molecule has 0 bridgehead atoms. The third kappa shape index (κ3) is 2.84. The normalized spacial score (nSPS) is 14.4. The van der Waals surface area contributed by atoms with Crippen LogP contribution in [0.2, 0.25) is 0 Å². The highest BCUT2D eigenvalue weighted by molar-refractivity contribution is 5.83. The highest BCUT2D eigenvalue weighted by atomic mass is 16.2. The van der Waals surface area contributed by atoms with Crippen LogP contribution in [0.4, 0.5) is 0 Å². The first-order valence-electron chi connectivity index (χ1n) is 7.46. The van der Waals surface area contributed by atoms with Crippen molar-refractivity contribution in [3.05, 3.63) is 45.2 Å². The maximum atomic E-state index is 12.2. The predicted octanol–water partition coefficient (Wildman–Crippen LogP) is 2.21. The molecule has 0 unspecified atom stereocenters. The average Bonchev–Trinajstić information content (AvgIpc) is 3.29. The Hall–Kier alpha value is -2.10. The third-order valence-electron chi connectivity index (χ3n) is 4.27. The van der Waals surface area contributed by atoms with Gasteiger partial charge in [0, 0.05) is 18.0 Å². The molecule has 0 aliphatic heterocycles. The minimum Gasteiger partial charge on any atom is -0.356 e. The SMILES string of the molecule is Cc1ccc2cc(CCNC(=O)C3CC3)c(=O)[nH]c2c1C. The van der Waals surface area contributed by atoms with E-state index in [1.165, 1.54) is 5.56 Å². The smallest absolute Gasteiger partial charge is 0.251 e. The van der Waals surface area contributed by atoms with Gasteiger partial charge >= 0.3 is 0 Å². The number of carbonyl (C=O) groups is 1. The molecule has 4 nitrogen and oxygen atoms in total. The third-order valence-corrected chi connectivity index (χ3v) is 4.27. The number of carbonyl (C=O) groups excluding carboxylic acids is 1. The number of amides is 1. The summed E-state index contributed by atoms with van der Waals surface area (Å²) in [5.74, 6) is 0.337. The van der Waals surface area contributed by atoms with E-state index in [-0.39, 0.29) is 17.4 Å². The van der Waals surface area contributed by atoms with Crippen molar-refractivity contribution in [3.63, 3.8) is 0 Å². The summed E-state index contributed by atoms with van der Waals surface area (Å²) in [4.78, 5) is 26.7. The van der Waals surface area contributed by atoms with Crippen molar-refractivity contribution in [3.8, 4) is 0 Å². The molecule has 2 N–H and O–H groups in total. The van der Waals surface area contributed by atoms with Gasteiger partial charge in [-0.15, -0.1) is 0 Å². The average molecular weight is 284 g/mol. The summed E-state index contributed by atoms with van der Waals surface area (Å²) in [6, 6.07) is 6.03. The van der Waals surface area contributed by atoms with E-state index in [4.69, 9.17) is 0 Å². The van der Waals surface area contributed by atoms with Crippen molar-refractivity contribution >= 4 is 16.8 Å². The highest BCUT2D eigenvalue weighted by Gasteiger charge is 2.29. The Morgan fingerprint density at radius 3 is 2.81 bits per heavy atom. The molecule has 21 heavy (non-hydrogen) atoms. The van der Waals surface area contributed by atoms with E-state index in [1.54, 1.807) is 0 Å². The van der Waals surface area contributed by atoms with Crippen LogP contribution in [-0.4, -0.2) is 17.4 Å². The molecule has 2 aromatic rings. The van der Waals surface area contributed by atoms with Gasteiger partial charge in [0.25, 0.3) is 5.56 Å². The number of nitrogens with one attached hydrogen (secondary N) is 2. The summed E-state index contributed by atoms with van der Waals surface area (Å²) in [5, 5.41) is 3.94. The van der Waals surface area contributed by atoms with Gasteiger partial charge in [-0.3, -0.25) is 9.59 Å². The summed E-state index contributed by atoms with van der Waals surface area (Å²) in [6.45, 7) is 4.58. The van der Waals surface area contributed by atoms with Crippen LogP contribution in [0.3, 0.4) is 0 Å². The number of hydrogen-bond donors (Lipinski definition) is 2. The fourth-order valence-electron chi connectivity index (χ4n) is 2.57. The zero-order chi connectivity index (χ0) is 15.0. The number of hydrogen-bond acceptors (Lipinski definition) is 2. The Bertz CT molecular complexity index is 757. The van der Waals surface area contributed by atoms with Crippen LogP contribution in [-0.2, 0) is 11.2 Å². The van der Waals surface area contributed by atoms with Crippen LogP contribution >= 0.6 is 0 Å². The lowest BCUT2D eigenvalue weighted by molar-refractivity contribution is -0.122. The number of H-pyrrole nitrogens is 1. The molecule has 1 fully saturated rings. The Kier molecular flexibility index (Phi) is 3.53. The van der Waals surface area contributed by atoms with Gasteiger partial charge in [0.1, 0.15) is 0 Å². The van der Waals surface area contributed by atoms with Crippen molar-refractivity contribution in [1.82, 2.24) is 10.3 Å². The van der Waals surface area contributed by atoms with Crippen molar-refractivity contribution < 1.29 is 4.79 Å². The molecular formula is C17H20N2O2. The van der Waals surface area contributed by atoms with E-state index in [0.29, 0.717) is 13.0 Å². The van der Waals surface area contributed by atoms with Crippen molar-refractivity contribution in [1.29, 1.82) is 0 Å². The van der Waals surface area contributed by atoms with Gasteiger partial charge in [-0.2, -0.15) is 0 Å². The maximum absolute atomic E-state index is 12.2. The molecule has 4 heteroatoms. The second-order valence-corrected chi connectivity index (χ2v) is 5.91. The van der Waals surface area contributed by atoms with E-state index in [9.17, 15) is 9.59 Å². The number of aromatic amines is 1. The molecule has 110 valence electrons. The predicted molar refractivity (Wildman–Crippen MR) is 83.5 cm³/mol. The fourth-order valence-corrected chi connectivity index (χ4v) is 2.57. The first kappa shape index (κ1) is 13.9. The zero-order valence-electron chi connectivity index (χ0n) is 12.5. The first-order valence-corrected chi connectivity index (χ1v) is 7.46. The molecule has 3 rings (SSSR count). The zero-order valence-corrected chi connectivity index (χ0v) is 12.5. The molecule has 0 radical (unpaired) electrons. The van der Waals surface area contributed by atoms with Crippen LogP contribution in [0.15, 0.2) is 23.0 Å². The van der Waals surface area contributed by atoms with Gasteiger partial charge < -0.3 is 10.3 Å². The molecule has 0 saturated heterocycles. The minimum absolute atomic E-state index is 0.0585. The second kappa shape index (κ2) is 5.35. The van der Waals surface area contributed by atoms with Crippen LogP contribution in [0, 0.1) is 19.8 Å². The molecule has 1 saturated carbocycles. The molecule has 1 aromatic heterocycles. The van der Waals surface area contributed by atoms with Crippen molar-refractivity contribution in [2.24, 2.45) is 5.92 Å². The topological polar surface area (TPSA) is 62.0 Å². The second-order valence-electron chi connectivity index (χ2n) is 5.91. The van der Waals surface area contributed by atoms with Gasteiger partial charge in [0.15, 0.2) is 0 Å². The first-order chi connectivity index (χ1) is 10.1.